The molecule has 0 saturated carbocycles. The number of pyridine rings is 2. The zero-order valence-electron chi connectivity index (χ0n) is 52.4. The summed E-state index contributed by atoms with van der Waals surface area (Å²) in [4.78, 5) is 19.6. The minimum absolute atomic E-state index is 0. The number of para-hydroxylation sites is 4. The van der Waals surface area contributed by atoms with Gasteiger partial charge < -0.3 is 19.3 Å². The van der Waals surface area contributed by atoms with Crippen molar-refractivity contribution >= 4 is 22.1 Å². The fraction of sp³-hybridized carbons (Fsp3) is 0.250. The van der Waals surface area contributed by atoms with Crippen LogP contribution in [0, 0.1) is 6.07 Å². The Morgan fingerprint density at radius 3 is 1.15 bits per heavy atom. The molecule has 0 radical (unpaired) electrons. The quantitative estimate of drug-likeness (QED) is 0.147. The van der Waals surface area contributed by atoms with Crippen LogP contribution in [0.2, 0.25) is 0 Å². The minimum atomic E-state index is 0. The van der Waals surface area contributed by atoms with E-state index < -0.39 is 0 Å². The first-order valence-electron chi connectivity index (χ1n) is 29.7. The molecule has 8 nitrogen and oxygen atoms in total. The number of imidazole rings is 2. The fourth-order valence-corrected chi connectivity index (χ4v) is 11.2. The second-order valence-corrected chi connectivity index (χ2v) is 26.9. The number of aromatic hydroxyl groups is 2. The van der Waals surface area contributed by atoms with Gasteiger partial charge in [0.2, 0.25) is 0 Å². The van der Waals surface area contributed by atoms with Gasteiger partial charge in [-0.1, -0.05) is 218 Å². The summed E-state index contributed by atoms with van der Waals surface area (Å²) in [5.74, 6) is 1.88. The summed E-state index contributed by atoms with van der Waals surface area (Å²) < 4.78 is 4.10. The van der Waals surface area contributed by atoms with E-state index >= 15 is 0 Å². The first-order chi connectivity index (χ1) is 40.8. The van der Waals surface area contributed by atoms with Crippen molar-refractivity contribution < 1.29 is 31.3 Å². The molecule has 0 aliphatic rings. The Balaban J connectivity index is 0.000000223. The third-order valence-electron chi connectivity index (χ3n) is 16.4. The minimum Gasteiger partial charge on any atom is -0.507 e. The van der Waals surface area contributed by atoms with Crippen LogP contribution in [0.5, 0.6) is 11.5 Å². The number of aromatic nitrogens is 6. The Morgan fingerprint density at radius 2 is 0.708 bits per heavy atom. The number of fused-ring (bicyclic) bond motifs is 2. The molecule has 0 aliphatic heterocycles. The molecule has 0 aliphatic carbocycles. The molecule has 2 N–H and O–H groups in total. The first-order valence-corrected chi connectivity index (χ1v) is 29.7. The van der Waals surface area contributed by atoms with Gasteiger partial charge in [0.1, 0.15) is 23.1 Å². The monoisotopic (exact) mass is 1360 g/mol. The molecule has 8 aromatic carbocycles. The molecule has 0 spiro atoms. The number of benzene rings is 8. The fourth-order valence-electron chi connectivity index (χ4n) is 11.2. The summed E-state index contributed by atoms with van der Waals surface area (Å²) in [5.41, 5.74) is 22.9. The summed E-state index contributed by atoms with van der Waals surface area (Å²) in [6.45, 7) is 27.3. The maximum absolute atomic E-state index is 10.6. The summed E-state index contributed by atoms with van der Waals surface area (Å²) >= 11 is 0. The van der Waals surface area contributed by atoms with E-state index in [9.17, 15) is 10.2 Å². The van der Waals surface area contributed by atoms with Gasteiger partial charge in [-0.05, 0) is 139 Å². The molecule has 0 unspecified atom stereocenters. The molecular weight excluding hydrogens is 1270 g/mol. The van der Waals surface area contributed by atoms with E-state index in [1.165, 1.54) is 33.4 Å². The summed E-state index contributed by atoms with van der Waals surface area (Å²) in [6, 6.07) is 68.2. The number of hydrogen-bond acceptors (Lipinski definition) is 6. The van der Waals surface area contributed by atoms with Crippen LogP contribution >= 0.6 is 0 Å². The van der Waals surface area contributed by atoms with Crippen molar-refractivity contribution in [2.75, 3.05) is 0 Å². The van der Waals surface area contributed by atoms with Crippen LogP contribution in [-0.4, -0.2) is 39.3 Å². The number of hydrogen-bond donors (Lipinski definition) is 2. The Bertz CT molecular complexity index is 4140. The molecule has 4 heterocycles. The first kappa shape index (κ1) is 66.2. The third-order valence-corrected chi connectivity index (χ3v) is 16.4. The van der Waals surface area contributed by atoms with Gasteiger partial charge in [-0.15, -0.1) is 23.8 Å². The van der Waals surface area contributed by atoms with Gasteiger partial charge in [0.05, 0.1) is 38.9 Å². The largest absolute Gasteiger partial charge is 0.507 e. The van der Waals surface area contributed by atoms with Gasteiger partial charge >= 0.3 is 0 Å². The molecular formula is C80H85N6O2Pt-. The van der Waals surface area contributed by atoms with Crippen molar-refractivity contribution in [2.45, 2.75) is 120 Å². The Kier molecular flexibility index (Phi) is 19.2. The smallest absolute Gasteiger partial charge is 0.144 e. The van der Waals surface area contributed by atoms with Crippen molar-refractivity contribution in [1.29, 1.82) is 0 Å². The molecule has 9 heteroatoms. The molecule has 0 amide bonds. The summed E-state index contributed by atoms with van der Waals surface area (Å²) in [6.07, 6.45) is 3.67. The van der Waals surface area contributed by atoms with Crippen molar-refractivity contribution in [1.82, 2.24) is 29.1 Å². The Labute approximate surface area is 542 Å². The van der Waals surface area contributed by atoms with Gasteiger partial charge in [-0.3, -0.25) is 9.97 Å². The second-order valence-electron chi connectivity index (χ2n) is 26.9. The normalized spacial score (nSPS) is 11.8. The molecule has 458 valence electrons. The van der Waals surface area contributed by atoms with Crippen LogP contribution in [0.25, 0.3) is 112 Å². The van der Waals surface area contributed by atoms with Crippen molar-refractivity contribution in [3.63, 3.8) is 0 Å². The SMILES string of the molecule is C.C.Cn1c(-c2ccccc2O)nc2c(-c3[c-]c(-c4ccccn4)cc(-c4cc(C(C)(C)C)cc(C(C)(C)C)c4)c3)cccc21.Cn1c(-c2ccccc2O)nc2c(-c3cc(-c4cc(C(C)(C)C)cc(C(C)(C)C)c4)cc(-c4ccccn4)c3)cccc21.[Pt]. The van der Waals surface area contributed by atoms with Crippen LogP contribution in [0.4, 0.5) is 0 Å². The second kappa shape index (κ2) is 25.8. The number of phenols is 2. The summed E-state index contributed by atoms with van der Waals surface area (Å²) in [7, 11) is 4.00. The maximum Gasteiger partial charge on any atom is 0.144 e. The zero-order chi connectivity index (χ0) is 61.0. The third kappa shape index (κ3) is 13.8. The number of rotatable bonds is 8. The Morgan fingerprint density at radius 1 is 0.348 bits per heavy atom. The molecule has 12 rings (SSSR count). The predicted octanol–water partition coefficient (Wildman–Crippen LogP) is 20.9. The van der Waals surface area contributed by atoms with Gasteiger partial charge in [0, 0.05) is 64.4 Å². The molecule has 0 saturated heterocycles. The van der Waals surface area contributed by atoms with Crippen molar-refractivity contribution in [3.05, 3.63) is 229 Å². The average molecular weight is 1360 g/mol. The zero-order valence-corrected chi connectivity index (χ0v) is 54.7. The van der Waals surface area contributed by atoms with Crippen molar-refractivity contribution in [3.8, 4) is 101 Å². The van der Waals surface area contributed by atoms with Crippen LogP contribution in [-0.2, 0) is 56.8 Å². The van der Waals surface area contributed by atoms with Crippen LogP contribution < -0.4 is 0 Å². The number of aryl methyl sites for hydroxylation is 2. The molecule has 0 fully saturated rings. The van der Waals surface area contributed by atoms with E-state index in [-0.39, 0.29) is 69.1 Å². The van der Waals surface area contributed by atoms with E-state index in [4.69, 9.17) is 15.0 Å². The Hall–Kier alpha value is -8.71. The van der Waals surface area contributed by atoms with Gasteiger partial charge in [0.25, 0.3) is 0 Å². The predicted molar refractivity (Wildman–Crippen MR) is 371 cm³/mol. The van der Waals surface area contributed by atoms with Crippen LogP contribution in [0.1, 0.15) is 120 Å². The molecule has 0 bridgehead atoms. The van der Waals surface area contributed by atoms with Gasteiger partial charge in [-0.25, -0.2) is 9.97 Å². The van der Waals surface area contributed by atoms with E-state index in [1.807, 2.05) is 97.8 Å². The number of phenolic OH excluding ortho intramolecular Hbond substituents is 2. The molecule has 4 aromatic heterocycles. The van der Waals surface area contributed by atoms with Crippen LogP contribution in [0.3, 0.4) is 0 Å². The van der Waals surface area contributed by atoms with Crippen molar-refractivity contribution in [2.24, 2.45) is 14.1 Å². The average Bonchev–Trinajstić information content (AvgIpc) is 2.08. The van der Waals surface area contributed by atoms with E-state index in [2.05, 4.69) is 208 Å². The van der Waals surface area contributed by atoms with E-state index in [0.717, 1.165) is 83.8 Å². The number of nitrogens with zero attached hydrogens (tertiary/aromatic N) is 6. The van der Waals surface area contributed by atoms with Gasteiger partial charge in [0.15, 0.2) is 0 Å². The standard InChI is InChI=1S/C39H39N3O.C39H38N3O.2CH4.Pt/c2*1-38(2,3)29-22-26(23-30(24-29)39(4,5)6)25-19-27(21-28(20-25)33-15-10-11-18-40-33)31-14-12-16-34-36(31)41-37(42(34)7)32-13-8-9-17-35(32)43;;;/h8-24,43H,1-7H3;8-20,22-24,43H,1-7H3;2*1H4;/q;-1;;;. The summed E-state index contributed by atoms with van der Waals surface area (Å²) in [5, 5.41) is 21.2. The van der Waals surface area contributed by atoms with E-state index in [0.29, 0.717) is 17.0 Å². The van der Waals surface area contributed by atoms with E-state index in [1.54, 1.807) is 12.1 Å². The molecule has 12 aromatic rings. The molecule has 0 atom stereocenters. The van der Waals surface area contributed by atoms with Crippen LogP contribution in [0.15, 0.2) is 200 Å². The maximum atomic E-state index is 10.6. The van der Waals surface area contributed by atoms with Gasteiger partial charge in [-0.2, -0.15) is 0 Å². The topological polar surface area (TPSA) is 102 Å². The molecule has 89 heavy (non-hydrogen) atoms.